The van der Waals surface area contributed by atoms with E-state index in [-0.39, 0.29) is 12.0 Å². The molecule has 0 aliphatic heterocycles. The molecule has 0 spiro atoms. The van der Waals surface area contributed by atoms with E-state index < -0.39 is 0 Å². The van der Waals surface area contributed by atoms with Gasteiger partial charge in [-0.15, -0.1) is 0 Å². The lowest BCUT2D eigenvalue weighted by atomic mass is 10.2. The minimum Gasteiger partial charge on any atom is -0.385 e. The van der Waals surface area contributed by atoms with Gasteiger partial charge in [-0.25, -0.2) is 4.98 Å². The van der Waals surface area contributed by atoms with Crippen LogP contribution in [-0.2, 0) is 4.74 Å². The van der Waals surface area contributed by atoms with E-state index in [1.165, 1.54) is 0 Å². The van der Waals surface area contributed by atoms with Crippen molar-refractivity contribution in [2.45, 2.75) is 19.4 Å². The average Bonchev–Trinajstić information content (AvgIpc) is 2.74. The highest BCUT2D eigenvalue weighted by atomic mass is 16.5. The first-order valence-electron chi connectivity index (χ1n) is 5.42. The van der Waals surface area contributed by atoms with Crippen LogP contribution in [-0.4, -0.2) is 39.7 Å². The number of nitrogens with two attached hydrogens (primary N) is 1. The molecule has 0 aliphatic carbocycles. The third-order valence-electron chi connectivity index (χ3n) is 2.44. The molecular formula is C10H16N6O. The number of methoxy groups -OCH3 is 1. The Kier molecular flexibility index (Phi) is 3.38. The highest BCUT2D eigenvalue weighted by Gasteiger charge is 2.10. The SMILES string of the molecule is COCCC(C)Nc1nc(N)nc2nc[nH]c12. The molecule has 2 aromatic rings. The highest BCUT2D eigenvalue weighted by Crippen LogP contribution is 2.18. The minimum absolute atomic E-state index is 0.214. The summed E-state index contributed by atoms with van der Waals surface area (Å²) in [4.78, 5) is 15.2. The molecule has 0 aliphatic rings. The van der Waals surface area contributed by atoms with E-state index in [9.17, 15) is 0 Å². The quantitative estimate of drug-likeness (QED) is 0.708. The van der Waals surface area contributed by atoms with E-state index >= 15 is 0 Å². The van der Waals surface area contributed by atoms with Gasteiger partial charge in [0.1, 0.15) is 5.52 Å². The molecule has 1 atom stereocenters. The van der Waals surface area contributed by atoms with Crippen molar-refractivity contribution in [2.75, 3.05) is 24.8 Å². The van der Waals surface area contributed by atoms with Crippen LogP contribution in [0.25, 0.3) is 11.2 Å². The maximum Gasteiger partial charge on any atom is 0.224 e. The summed E-state index contributed by atoms with van der Waals surface area (Å²) in [6, 6.07) is 0.232. The van der Waals surface area contributed by atoms with Gasteiger partial charge in [-0.1, -0.05) is 0 Å². The third kappa shape index (κ3) is 2.62. The van der Waals surface area contributed by atoms with Gasteiger partial charge in [0, 0.05) is 19.8 Å². The number of ether oxygens (including phenoxy) is 1. The van der Waals surface area contributed by atoms with Crippen LogP contribution in [0, 0.1) is 0 Å². The van der Waals surface area contributed by atoms with Crippen LogP contribution in [0.2, 0.25) is 0 Å². The fourth-order valence-corrected chi connectivity index (χ4v) is 1.55. The fourth-order valence-electron chi connectivity index (χ4n) is 1.55. The Labute approximate surface area is 98.8 Å². The van der Waals surface area contributed by atoms with E-state index in [0.717, 1.165) is 11.9 Å². The zero-order valence-corrected chi connectivity index (χ0v) is 9.90. The smallest absolute Gasteiger partial charge is 0.224 e. The zero-order chi connectivity index (χ0) is 12.3. The summed E-state index contributed by atoms with van der Waals surface area (Å²) in [6.07, 6.45) is 2.46. The lowest BCUT2D eigenvalue weighted by Gasteiger charge is -2.14. The van der Waals surface area contributed by atoms with Gasteiger partial charge in [-0.05, 0) is 13.3 Å². The third-order valence-corrected chi connectivity index (χ3v) is 2.44. The van der Waals surface area contributed by atoms with Crippen LogP contribution in [0.5, 0.6) is 0 Å². The van der Waals surface area contributed by atoms with E-state index in [1.54, 1.807) is 13.4 Å². The Bertz CT molecular complexity index is 497. The molecule has 7 heteroatoms. The van der Waals surface area contributed by atoms with Crippen molar-refractivity contribution in [2.24, 2.45) is 0 Å². The molecule has 0 fully saturated rings. The fraction of sp³-hybridized carbons (Fsp3) is 0.500. The average molecular weight is 236 g/mol. The summed E-state index contributed by atoms with van der Waals surface area (Å²) in [5.74, 6) is 0.889. The first kappa shape index (κ1) is 11.6. The van der Waals surface area contributed by atoms with Gasteiger partial charge in [-0.2, -0.15) is 9.97 Å². The molecule has 0 saturated heterocycles. The number of hydrogen-bond donors (Lipinski definition) is 3. The molecule has 2 rings (SSSR count). The number of nitrogen functional groups attached to an aromatic ring is 1. The Balaban J connectivity index is 2.19. The molecule has 2 aromatic heterocycles. The molecule has 1 unspecified atom stereocenters. The lowest BCUT2D eigenvalue weighted by Crippen LogP contribution is -2.18. The van der Waals surface area contributed by atoms with Crippen LogP contribution in [0.3, 0.4) is 0 Å². The summed E-state index contributed by atoms with van der Waals surface area (Å²) in [5.41, 5.74) is 6.95. The van der Waals surface area contributed by atoms with Crippen LogP contribution < -0.4 is 11.1 Å². The predicted octanol–water partition coefficient (Wildman–Crippen LogP) is 0.772. The van der Waals surface area contributed by atoms with Crippen molar-refractivity contribution in [3.63, 3.8) is 0 Å². The number of aromatic nitrogens is 4. The topological polar surface area (TPSA) is 102 Å². The number of aromatic amines is 1. The second kappa shape index (κ2) is 4.96. The number of hydrogen-bond acceptors (Lipinski definition) is 6. The van der Waals surface area contributed by atoms with Gasteiger partial charge in [0.15, 0.2) is 11.5 Å². The van der Waals surface area contributed by atoms with Crippen LogP contribution in [0.1, 0.15) is 13.3 Å². The van der Waals surface area contributed by atoms with Gasteiger partial charge >= 0.3 is 0 Å². The standard InChI is InChI=1S/C10H16N6O/c1-6(3-4-17-2)14-9-7-8(13-5-12-7)15-10(11)16-9/h5-6H,3-4H2,1-2H3,(H4,11,12,13,14,15,16). The summed E-state index contributed by atoms with van der Waals surface area (Å²) >= 11 is 0. The Morgan fingerprint density at radius 3 is 3.12 bits per heavy atom. The number of nitrogens with one attached hydrogen (secondary N) is 2. The van der Waals surface area contributed by atoms with Gasteiger partial charge in [0.2, 0.25) is 5.95 Å². The largest absolute Gasteiger partial charge is 0.385 e. The van der Waals surface area contributed by atoms with Crippen molar-refractivity contribution < 1.29 is 4.74 Å². The minimum atomic E-state index is 0.214. The van der Waals surface area contributed by atoms with Crippen molar-refractivity contribution in [3.8, 4) is 0 Å². The second-order valence-corrected chi connectivity index (χ2v) is 3.86. The van der Waals surface area contributed by atoms with Gasteiger partial charge in [-0.3, -0.25) is 0 Å². The van der Waals surface area contributed by atoms with Crippen molar-refractivity contribution in [1.29, 1.82) is 0 Å². The van der Waals surface area contributed by atoms with Crippen LogP contribution >= 0.6 is 0 Å². The molecule has 0 saturated carbocycles. The van der Waals surface area contributed by atoms with Crippen molar-refractivity contribution in [1.82, 2.24) is 19.9 Å². The van der Waals surface area contributed by atoms with Crippen LogP contribution in [0.4, 0.5) is 11.8 Å². The molecule has 0 bridgehead atoms. The number of fused-ring (bicyclic) bond motifs is 1. The van der Waals surface area contributed by atoms with E-state index in [0.29, 0.717) is 18.1 Å². The molecule has 92 valence electrons. The molecule has 4 N–H and O–H groups in total. The molecular weight excluding hydrogens is 220 g/mol. The van der Waals surface area contributed by atoms with Crippen molar-refractivity contribution in [3.05, 3.63) is 6.33 Å². The second-order valence-electron chi connectivity index (χ2n) is 3.86. The number of imidazole rings is 1. The maximum atomic E-state index is 5.62. The van der Waals surface area contributed by atoms with Crippen molar-refractivity contribution >= 4 is 22.9 Å². The Morgan fingerprint density at radius 2 is 2.35 bits per heavy atom. The molecule has 17 heavy (non-hydrogen) atoms. The molecule has 2 heterocycles. The van der Waals surface area contributed by atoms with Gasteiger partial charge in [0.25, 0.3) is 0 Å². The molecule has 0 aromatic carbocycles. The predicted molar refractivity (Wildman–Crippen MR) is 65.7 cm³/mol. The monoisotopic (exact) mass is 236 g/mol. The maximum absolute atomic E-state index is 5.62. The normalized spacial score (nSPS) is 12.8. The number of rotatable bonds is 5. The summed E-state index contributed by atoms with van der Waals surface area (Å²) in [5, 5.41) is 3.26. The first-order valence-corrected chi connectivity index (χ1v) is 5.42. The van der Waals surface area contributed by atoms with E-state index in [4.69, 9.17) is 10.5 Å². The Morgan fingerprint density at radius 1 is 1.53 bits per heavy atom. The number of nitrogens with zero attached hydrogens (tertiary/aromatic N) is 3. The van der Waals surface area contributed by atoms with Gasteiger partial charge in [0.05, 0.1) is 6.33 Å². The van der Waals surface area contributed by atoms with Gasteiger partial charge < -0.3 is 20.8 Å². The summed E-state index contributed by atoms with van der Waals surface area (Å²) in [6.45, 7) is 2.75. The summed E-state index contributed by atoms with van der Waals surface area (Å²) < 4.78 is 5.03. The zero-order valence-electron chi connectivity index (χ0n) is 9.90. The molecule has 7 nitrogen and oxygen atoms in total. The molecule has 0 radical (unpaired) electrons. The Hall–Kier alpha value is -1.89. The number of H-pyrrole nitrogens is 1. The lowest BCUT2D eigenvalue weighted by molar-refractivity contribution is 0.191. The first-order chi connectivity index (χ1) is 8.20. The highest BCUT2D eigenvalue weighted by molar-refractivity contribution is 5.83. The van der Waals surface area contributed by atoms with E-state index in [2.05, 4.69) is 32.2 Å². The molecule has 0 amide bonds. The number of anilines is 2. The van der Waals surface area contributed by atoms with Crippen LogP contribution in [0.15, 0.2) is 6.33 Å². The summed E-state index contributed by atoms with van der Waals surface area (Å²) in [7, 11) is 1.68. The van der Waals surface area contributed by atoms with E-state index in [1.807, 2.05) is 0 Å².